The van der Waals surface area contributed by atoms with E-state index in [9.17, 15) is 9.59 Å². The summed E-state index contributed by atoms with van der Waals surface area (Å²) in [5, 5.41) is 0. The largest absolute Gasteiger partial charge is 0.497 e. The van der Waals surface area contributed by atoms with Crippen molar-refractivity contribution in [3.8, 4) is 5.75 Å². The fourth-order valence-electron chi connectivity index (χ4n) is 4.11. The van der Waals surface area contributed by atoms with Gasteiger partial charge in [0.1, 0.15) is 12.3 Å². The molecule has 3 rings (SSSR count). The Bertz CT molecular complexity index is 1170. The Morgan fingerprint density at radius 3 is 2.42 bits per heavy atom. The van der Waals surface area contributed by atoms with Crippen molar-refractivity contribution >= 4 is 27.7 Å². The highest BCUT2D eigenvalue weighted by molar-refractivity contribution is 9.10. The lowest BCUT2D eigenvalue weighted by atomic mass is 10.1. The van der Waals surface area contributed by atoms with Crippen LogP contribution in [0.4, 0.5) is 0 Å². The summed E-state index contributed by atoms with van der Waals surface area (Å²) in [4.78, 5) is 30.5. The minimum absolute atomic E-state index is 0.0317. The van der Waals surface area contributed by atoms with Crippen LogP contribution in [0.15, 0.2) is 71.3 Å². The molecule has 0 aliphatic carbocycles. The van der Waals surface area contributed by atoms with Crippen LogP contribution in [-0.4, -0.2) is 51.9 Å². The number of nitrogens with zero attached hydrogens (tertiary/aromatic N) is 3. The highest BCUT2D eigenvalue weighted by atomic mass is 79.9. The molecule has 0 N–H and O–H groups in total. The summed E-state index contributed by atoms with van der Waals surface area (Å²) in [6.07, 6.45) is 2.86. The van der Waals surface area contributed by atoms with Crippen LogP contribution in [0.1, 0.15) is 55.7 Å². The third kappa shape index (κ3) is 7.00. The smallest absolute Gasteiger partial charge is 0.254 e. The second-order valence-electron chi connectivity index (χ2n) is 9.30. The van der Waals surface area contributed by atoms with Crippen molar-refractivity contribution in [2.45, 2.75) is 59.3 Å². The average Bonchev–Trinajstić information content (AvgIpc) is 3.31. The van der Waals surface area contributed by atoms with Crippen molar-refractivity contribution in [1.82, 2.24) is 14.4 Å². The van der Waals surface area contributed by atoms with Crippen LogP contribution < -0.4 is 4.74 Å². The molecule has 3 aromatic rings. The standard InChI is InChI=1S/C29H36BrN3O3/c1-6-22(4)33(19-26-13-9-15-31(26)18-23-10-7-14-27(16-23)36-5)28(34)20-32(21(2)3)29(35)24-11-8-12-25(30)17-24/h7-17,21-22H,6,18-20H2,1-5H3. The molecule has 0 radical (unpaired) electrons. The zero-order valence-corrected chi connectivity index (χ0v) is 23.4. The van der Waals surface area contributed by atoms with E-state index in [-0.39, 0.29) is 30.4 Å². The Morgan fingerprint density at radius 1 is 1.00 bits per heavy atom. The summed E-state index contributed by atoms with van der Waals surface area (Å²) in [7, 11) is 1.66. The van der Waals surface area contributed by atoms with Gasteiger partial charge in [0.05, 0.1) is 13.7 Å². The normalized spacial score (nSPS) is 11.9. The van der Waals surface area contributed by atoms with Gasteiger partial charge in [0, 0.05) is 40.6 Å². The first-order chi connectivity index (χ1) is 17.2. The monoisotopic (exact) mass is 553 g/mol. The molecule has 0 spiro atoms. The number of ether oxygens (including phenoxy) is 1. The second-order valence-corrected chi connectivity index (χ2v) is 10.2. The lowest BCUT2D eigenvalue weighted by Crippen LogP contribution is -2.48. The number of rotatable bonds is 11. The molecule has 2 amide bonds. The maximum atomic E-state index is 13.6. The predicted molar refractivity (Wildman–Crippen MR) is 147 cm³/mol. The topological polar surface area (TPSA) is 54.8 Å². The van der Waals surface area contributed by atoms with Crippen LogP contribution in [0, 0.1) is 0 Å². The fraction of sp³-hybridized carbons (Fsp3) is 0.379. The first-order valence-corrected chi connectivity index (χ1v) is 13.2. The van der Waals surface area contributed by atoms with Crippen LogP contribution in [-0.2, 0) is 17.9 Å². The molecule has 1 heterocycles. The van der Waals surface area contributed by atoms with Crippen molar-refractivity contribution in [1.29, 1.82) is 0 Å². The van der Waals surface area contributed by atoms with Crippen molar-refractivity contribution < 1.29 is 14.3 Å². The van der Waals surface area contributed by atoms with E-state index in [0.29, 0.717) is 18.7 Å². The lowest BCUT2D eigenvalue weighted by Gasteiger charge is -2.33. The Balaban J connectivity index is 1.80. The quantitative estimate of drug-likeness (QED) is 0.293. The Morgan fingerprint density at radius 2 is 1.75 bits per heavy atom. The molecule has 2 aromatic carbocycles. The van der Waals surface area contributed by atoms with Crippen LogP contribution in [0.2, 0.25) is 0 Å². The van der Waals surface area contributed by atoms with Gasteiger partial charge in [-0.2, -0.15) is 0 Å². The summed E-state index contributed by atoms with van der Waals surface area (Å²) >= 11 is 3.44. The van der Waals surface area contributed by atoms with Crippen LogP contribution >= 0.6 is 15.9 Å². The van der Waals surface area contributed by atoms with Gasteiger partial charge in [-0.15, -0.1) is 0 Å². The van der Waals surface area contributed by atoms with E-state index >= 15 is 0 Å². The molecule has 0 saturated carbocycles. The molecule has 0 bridgehead atoms. The van der Waals surface area contributed by atoms with E-state index in [1.54, 1.807) is 24.1 Å². The van der Waals surface area contributed by atoms with Gasteiger partial charge >= 0.3 is 0 Å². The molecule has 6 nitrogen and oxygen atoms in total. The zero-order chi connectivity index (χ0) is 26.2. The van der Waals surface area contributed by atoms with E-state index in [4.69, 9.17) is 4.74 Å². The van der Waals surface area contributed by atoms with Gasteiger partial charge in [0.2, 0.25) is 5.91 Å². The molecular weight excluding hydrogens is 518 g/mol. The molecule has 0 fully saturated rings. The van der Waals surface area contributed by atoms with Crippen molar-refractivity contribution in [3.05, 3.63) is 88.2 Å². The van der Waals surface area contributed by atoms with E-state index < -0.39 is 0 Å². The highest BCUT2D eigenvalue weighted by Gasteiger charge is 2.27. The van der Waals surface area contributed by atoms with Crippen LogP contribution in [0.3, 0.4) is 0 Å². The summed E-state index contributed by atoms with van der Waals surface area (Å²) in [5.41, 5.74) is 2.73. The number of aromatic nitrogens is 1. The summed E-state index contributed by atoms with van der Waals surface area (Å²) < 4.78 is 8.35. The number of halogens is 1. The maximum absolute atomic E-state index is 13.6. The maximum Gasteiger partial charge on any atom is 0.254 e. The molecule has 0 aliphatic heterocycles. The number of methoxy groups -OCH3 is 1. The Hall–Kier alpha value is -3.06. The number of hydrogen-bond acceptors (Lipinski definition) is 3. The molecule has 0 aliphatic rings. The minimum atomic E-state index is -0.148. The third-order valence-corrected chi connectivity index (χ3v) is 6.94. The van der Waals surface area contributed by atoms with Gasteiger partial charge in [-0.05, 0) is 75.2 Å². The van der Waals surface area contributed by atoms with Crippen molar-refractivity contribution in [2.24, 2.45) is 0 Å². The van der Waals surface area contributed by atoms with E-state index in [2.05, 4.69) is 46.5 Å². The molecule has 36 heavy (non-hydrogen) atoms. The molecule has 1 aromatic heterocycles. The molecule has 0 saturated heterocycles. The summed E-state index contributed by atoms with van der Waals surface area (Å²) in [5.74, 6) is 0.613. The molecule has 7 heteroatoms. The van der Waals surface area contributed by atoms with Crippen molar-refractivity contribution in [3.63, 3.8) is 0 Å². The fourth-order valence-corrected chi connectivity index (χ4v) is 4.51. The Labute approximate surface area is 223 Å². The summed E-state index contributed by atoms with van der Waals surface area (Å²) in [6.45, 7) is 9.20. The number of carbonyl (C=O) groups excluding carboxylic acids is 2. The Kier molecular flexibility index (Phi) is 9.76. The number of benzene rings is 2. The molecule has 192 valence electrons. The zero-order valence-electron chi connectivity index (χ0n) is 21.8. The minimum Gasteiger partial charge on any atom is -0.497 e. The van der Waals surface area contributed by atoms with Gasteiger partial charge in [-0.1, -0.05) is 41.1 Å². The van der Waals surface area contributed by atoms with Gasteiger partial charge in [0.15, 0.2) is 0 Å². The van der Waals surface area contributed by atoms with E-state index in [1.165, 1.54) is 0 Å². The first kappa shape index (κ1) is 27.5. The van der Waals surface area contributed by atoms with Crippen molar-refractivity contribution in [2.75, 3.05) is 13.7 Å². The third-order valence-electron chi connectivity index (χ3n) is 6.45. The molecular formula is C29H36BrN3O3. The highest BCUT2D eigenvalue weighted by Crippen LogP contribution is 2.19. The SMILES string of the molecule is CCC(C)N(Cc1cccn1Cc1cccc(OC)c1)C(=O)CN(C(=O)c1cccc(Br)c1)C(C)C. The molecule has 1 unspecified atom stereocenters. The molecule has 1 atom stereocenters. The van der Waals surface area contributed by atoms with Crippen LogP contribution in [0.25, 0.3) is 0 Å². The average molecular weight is 555 g/mol. The van der Waals surface area contributed by atoms with Crippen LogP contribution in [0.5, 0.6) is 5.75 Å². The van der Waals surface area contributed by atoms with Gasteiger partial charge < -0.3 is 19.1 Å². The number of carbonyl (C=O) groups is 2. The predicted octanol–water partition coefficient (Wildman–Crippen LogP) is 5.99. The van der Waals surface area contributed by atoms with Gasteiger partial charge in [-0.3, -0.25) is 9.59 Å². The lowest BCUT2D eigenvalue weighted by molar-refractivity contribution is -0.135. The first-order valence-electron chi connectivity index (χ1n) is 12.4. The second kappa shape index (κ2) is 12.8. The van der Waals surface area contributed by atoms with Gasteiger partial charge in [-0.25, -0.2) is 0 Å². The van der Waals surface area contributed by atoms with E-state index in [0.717, 1.165) is 27.9 Å². The summed E-state index contributed by atoms with van der Waals surface area (Å²) in [6, 6.07) is 19.3. The van der Waals surface area contributed by atoms with Gasteiger partial charge in [0.25, 0.3) is 5.91 Å². The van der Waals surface area contributed by atoms with E-state index in [1.807, 2.05) is 61.3 Å². The number of hydrogen-bond donors (Lipinski definition) is 0. The number of amides is 2.